The molecule has 4 aromatic carbocycles. The maximum absolute atomic E-state index is 13.0. The van der Waals surface area contributed by atoms with Crippen LogP contribution < -0.4 is 0 Å². The van der Waals surface area contributed by atoms with Gasteiger partial charge in [-0.15, -0.1) is 0 Å². The average Bonchev–Trinajstić information content (AvgIpc) is 2.88. The number of ether oxygens (including phenoxy) is 1. The van der Waals surface area contributed by atoms with Crippen molar-refractivity contribution in [3.05, 3.63) is 155 Å². The normalized spacial score (nSPS) is 10.3. The van der Waals surface area contributed by atoms with E-state index in [1.807, 2.05) is 85.8 Å². The van der Waals surface area contributed by atoms with E-state index in [2.05, 4.69) is 42.7 Å². The zero-order valence-electron chi connectivity index (χ0n) is 19.2. The summed E-state index contributed by atoms with van der Waals surface area (Å²) < 4.78 is 5.72. The molecule has 0 N–H and O–H groups in total. The molecule has 34 heavy (non-hydrogen) atoms. The molecule has 0 aliphatic heterocycles. The lowest BCUT2D eigenvalue weighted by molar-refractivity contribution is 0.0536. The highest BCUT2D eigenvalue weighted by Gasteiger charge is 2.19. The molecule has 166 valence electrons. The van der Waals surface area contributed by atoms with Gasteiger partial charge in [0.25, 0.3) is 0 Å². The van der Waals surface area contributed by atoms with Crippen LogP contribution in [0.1, 0.15) is 44.1 Å². The molecule has 0 spiro atoms. The average molecular weight is 443 g/mol. The van der Waals surface area contributed by atoms with Gasteiger partial charge in [-0.05, 0) is 47.9 Å². The molecule has 2 nitrogen and oxygen atoms in total. The number of rotatable bonds is 6. The van der Waals surface area contributed by atoms with Gasteiger partial charge in [-0.2, -0.15) is 0 Å². The van der Waals surface area contributed by atoms with Gasteiger partial charge in [0.1, 0.15) is 6.61 Å². The minimum atomic E-state index is -0.408. The lowest BCUT2D eigenvalue weighted by atomic mass is 9.86. The summed E-state index contributed by atoms with van der Waals surface area (Å²) in [6.07, 6.45) is 0. The molecule has 0 fully saturated rings. The Morgan fingerprint density at radius 2 is 1.32 bits per heavy atom. The molecule has 4 rings (SSSR count). The molecule has 0 heterocycles. The predicted octanol–water partition coefficient (Wildman–Crippen LogP) is 6.94. The third-order valence-electron chi connectivity index (χ3n) is 5.60. The molecule has 2 heteroatoms. The molecule has 0 unspecified atom stereocenters. The standard InChI is InChI=1S/C32H26O2/c1-24-17-19-26(20-18-24)21-22-27-11-9-10-16-30(27)32(33)34-23-25(2)31(28-12-5-3-6-13-28)29-14-7-4-8-15-29/h3-20,31H,2,23H2,1H3. The number of esters is 1. The summed E-state index contributed by atoms with van der Waals surface area (Å²) in [7, 11) is 0. The second-order valence-electron chi connectivity index (χ2n) is 8.15. The zero-order chi connectivity index (χ0) is 23.8. The summed E-state index contributed by atoms with van der Waals surface area (Å²) in [4.78, 5) is 13.0. The summed E-state index contributed by atoms with van der Waals surface area (Å²) in [6.45, 7) is 6.43. The van der Waals surface area contributed by atoms with Crippen LogP contribution in [0.3, 0.4) is 0 Å². The number of carbonyl (C=O) groups excluding carboxylic acids is 1. The van der Waals surface area contributed by atoms with Gasteiger partial charge in [-0.3, -0.25) is 0 Å². The SMILES string of the molecule is C=C(COC(=O)c1ccccc1C#Cc1ccc(C)cc1)C(c1ccccc1)c1ccccc1. The van der Waals surface area contributed by atoms with Gasteiger partial charge in [-0.25, -0.2) is 4.79 Å². The van der Waals surface area contributed by atoms with E-state index < -0.39 is 5.97 Å². The first-order valence-corrected chi connectivity index (χ1v) is 11.2. The highest BCUT2D eigenvalue weighted by Crippen LogP contribution is 2.31. The first-order chi connectivity index (χ1) is 16.6. The van der Waals surface area contributed by atoms with Gasteiger partial charge in [0, 0.05) is 17.0 Å². The zero-order valence-corrected chi connectivity index (χ0v) is 19.2. The fraction of sp³-hybridized carbons (Fsp3) is 0.0938. The van der Waals surface area contributed by atoms with Crippen LogP contribution in [-0.4, -0.2) is 12.6 Å². The number of hydrogen-bond donors (Lipinski definition) is 0. The van der Waals surface area contributed by atoms with Crippen LogP contribution in [0.2, 0.25) is 0 Å². The largest absolute Gasteiger partial charge is 0.458 e. The summed E-state index contributed by atoms with van der Waals surface area (Å²) in [6, 6.07) is 35.5. The van der Waals surface area contributed by atoms with Crippen LogP contribution in [0, 0.1) is 18.8 Å². The van der Waals surface area contributed by atoms with Gasteiger partial charge < -0.3 is 4.74 Å². The Kier molecular flexibility index (Phi) is 7.38. The molecule has 0 saturated heterocycles. The van der Waals surface area contributed by atoms with Gasteiger partial charge in [0.15, 0.2) is 0 Å². The Balaban J connectivity index is 1.51. The Hall–Kier alpha value is -4.35. The Morgan fingerprint density at radius 1 is 0.765 bits per heavy atom. The molecule has 0 atom stereocenters. The van der Waals surface area contributed by atoms with Crippen molar-refractivity contribution in [1.82, 2.24) is 0 Å². The van der Waals surface area contributed by atoms with Crippen LogP contribution in [0.4, 0.5) is 0 Å². The molecule has 0 saturated carbocycles. The highest BCUT2D eigenvalue weighted by atomic mass is 16.5. The third-order valence-corrected chi connectivity index (χ3v) is 5.60. The number of aryl methyl sites for hydroxylation is 1. The first-order valence-electron chi connectivity index (χ1n) is 11.2. The second-order valence-corrected chi connectivity index (χ2v) is 8.15. The van der Waals surface area contributed by atoms with Gasteiger partial charge in [0.2, 0.25) is 0 Å². The lowest BCUT2D eigenvalue weighted by Crippen LogP contribution is -2.14. The van der Waals surface area contributed by atoms with Gasteiger partial charge in [-0.1, -0.05) is 109 Å². The van der Waals surface area contributed by atoms with E-state index in [1.165, 1.54) is 5.56 Å². The van der Waals surface area contributed by atoms with Crippen molar-refractivity contribution < 1.29 is 9.53 Å². The molecule has 0 bridgehead atoms. The molecule has 0 radical (unpaired) electrons. The smallest absolute Gasteiger partial charge is 0.339 e. The monoisotopic (exact) mass is 442 g/mol. The van der Waals surface area contributed by atoms with Crippen LogP contribution in [0.25, 0.3) is 0 Å². The van der Waals surface area contributed by atoms with Crippen molar-refractivity contribution in [3.8, 4) is 11.8 Å². The van der Waals surface area contributed by atoms with E-state index in [4.69, 9.17) is 4.74 Å². The van der Waals surface area contributed by atoms with E-state index in [9.17, 15) is 4.79 Å². The minimum Gasteiger partial charge on any atom is -0.458 e. The first kappa shape index (κ1) is 22.8. The van der Waals surface area contributed by atoms with Crippen LogP contribution in [-0.2, 0) is 4.74 Å². The van der Waals surface area contributed by atoms with Gasteiger partial charge >= 0.3 is 5.97 Å². The number of benzene rings is 4. The van der Waals surface area contributed by atoms with Crippen molar-refractivity contribution >= 4 is 5.97 Å². The van der Waals surface area contributed by atoms with Crippen molar-refractivity contribution in [2.75, 3.05) is 6.61 Å². The van der Waals surface area contributed by atoms with E-state index >= 15 is 0 Å². The van der Waals surface area contributed by atoms with E-state index in [1.54, 1.807) is 6.07 Å². The molecule has 0 aliphatic carbocycles. The lowest BCUT2D eigenvalue weighted by Gasteiger charge is -2.21. The summed E-state index contributed by atoms with van der Waals surface area (Å²) in [5.41, 5.74) is 6.20. The number of carbonyl (C=O) groups is 1. The minimum absolute atomic E-state index is 0.0632. The van der Waals surface area contributed by atoms with E-state index in [0.29, 0.717) is 11.1 Å². The molecular weight excluding hydrogens is 416 g/mol. The van der Waals surface area contributed by atoms with Crippen molar-refractivity contribution in [2.24, 2.45) is 0 Å². The van der Waals surface area contributed by atoms with Crippen LogP contribution in [0.5, 0.6) is 0 Å². The molecule has 0 amide bonds. The fourth-order valence-electron chi connectivity index (χ4n) is 3.82. The summed E-state index contributed by atoms with van der Waals surface area (Å²) >= 11 is 0. The topological polar surface area (TPSA) is 26.3 Å². The van der Waals surface area contributed by atoms with E-state index in [-0.39, 0.29) is 12.5 Å². The fourth-order valence-corrected chi connectivity index (χ4v) is 3.82. The van der Waals surface area contributed by atoms with Gasteiger partial charge in [0.05, 0.1) is 5.56 Å². The Bertz CT molecular complexity index is 1290. The predicted molar refractivity (Wildman–Crippen MR) is 138 cm³/mol. The molecule has 0 aliphatic rings. The van der Waals surface area contributed by atoms with Crippen molar-refractivity contribution in [1.29, 1.82) is 0 Å². The highest BCUT2D eigenvalue weighted by molar-refractivity contribution is 5.92. The maximum atomic E-state index is 13.0. The van der Waals surface area contributed by atoms with E-state index in [0.717, 1.165) is 22.3 Å². The summed E-state index contributed by atoms with van der Waals surface area (Å²) in [5.74, 6) is 5.78. The van der Waals surface area contributed by atoms with Crippen molar-refractivity contribution in [2.45, 2.75) is 12.8 Å². The second kappa shape index (κ2) is 11.0. The Labute approximate surface area is 201 Å². The third kappa shape index (κ3) is 5.71. The molecular formula is C32H26O2. The number of hydrogen-bond acceptors (Lipinski definition) is 2. The quantitative estimate of drug-likeness (QED) is 0.184. The molecule has 4 aromatic rings. The van der Waals surface area contributed by atoms with Crippen LogP contribution in [0.15, 0.2) is 121 Å². The Morgan fingerprint density at radius 3 is 1.94 bits per heavy atom. The molecule has 0 aromatic heterocycles. The van der Waals surface area contributed by atoms with Crippen LogP contribution >= 0.6 is 0 Å². The van der Waals surface area contributed by atoms with Crippen molar-refractivity contribution in [3.63, 3.8) is 0 Å². The summed E-state index contributed by atoms with van der Waals surface area (Å²) in [5, 5.41) is 0. The maximum Gasteiger partial charge on any atom is 0.339 e.